The third-order valence-corrected chi connectivity index (χ3v) is 5.37. The van der Waals surface area contributed by atoms with Gasteiger partial charge < -0.3 is 15.5 Å². The van der Waals surface area contributed by atoms with Crippen LogP contribution in [0.3, 0.4) is 0 Å². The highest BCUT2D eigenvalue weighted by atomic mass is 19.4. The number of hydrogen-bond donors (Lipinski definition) is 2. The molecular weight excluding hydrogens is 369 g/mol. The number of nitrogens with zero attached hydrogens (tertiary/aromatic N) is 2. The molecule has 0 aromatic heterocycles. The van der Waals surface area contributed by atoms with Crippen LogP contribution < -0.4 is 10.6 Å². The first kappa shape index (κ1) is 22.0. The van der Waals surface area contributed by atoms with Gasteiger partial charge in [-0.15, -0.1) is 0 Å². The molecule has 5 nitrogen and oxygen atoms in total. The molecule has 0 radical (unpaired) electrons. The van der Waals surface area contributed by atoms with Crippen molar-refractivity contribution in [1.29, 1.82) is 0 Å². The monoisotopic (exact) mass is 398 g/mol. The molecular formula is C20H29F3N4O. The second-order valence-electron chi connectivity index (χ2n) is 7.57. The number of carbonyl (C=O) groups is 1. The van der Waals surface area contributed by atoms with Crippen molar-refractivity contribution in [2.24, 2.45) is 10.4 Å². The van der Waals surface area contributed by atoms with Crippen LogP contribution in [0.4, 0.5) is 13.2 Å². The Labute approximate surface area is 164 Å². The first-order valence-corrected chi connectivity index (χ1v) is 9.54. The highest BCUT2D eigenvalue weighted by Crippen LogP contribution is 2.43. The lowest BCUT2D eigenvalue weighted by molar-refractivity contribution is -0.137. The fourth-order valence-electron chi connectivity index (χ4n) is 3.11. The maximum Gasteiger partial charge on any atom is 0.416 e. The van der Waals surface area contributed by atoms with Crippen molar-refractivity contribution in [3.05, 3.63) is 35.4 Å². The molecule has 8 heteroatoms. The molecule has 28 heavy (non-hydrogen) atoms. The number of amides is 1. The molecule has 0 bridgehead atoms. The van der Waals surface area contributed by atoms with Gasteiger partial charge >= 0.3 is 6.18 Å². The highest BCUT2D eigenvalue weighted by molar-refractivity contribution is 5.86. The van der Waals surface area contributed by atoms with Gasteiger partial charge in [-0.25, -0.2) is 4.99 Å². The molecule has 0 saturated heterocycles. The van der Waals surface area contributed by atoms with Crippen molar-refractivity contribution >= 4 is 11.9 Å². The van der Waals surface area contributed by atoms with Crippen molar-refractivity contribution in [1.82, 2.24) is 15.5 Å². The number of alkyl halides is 3. The Morgan fingerprint density at radius 3 is 2.50 bits per heavy atom. The molecule has 1 fully saturated rings. The van der Waals surface area contributed by atoms with E-state index in [1.165, 1.54) is 17.4 Å². The molecule has 2 rings (SSSR count). The first-order chi connectivity index (χ1) is 13.1. The van der Waals surface area contributed by atoms with Crippen LogP contribution in [0.2, 0.25) is 0 Å². The number of guanidine groups is 1. The van der Waals surface area contributed by atoms with E-state index in [-0.39, 0.29) is 24.4 Å². The van der Waals surface area contributed by atoms with E-state index in [1.54, 1.807) is 20.2 Å². The van der Waals surface area contributed by atoms with E-state index < -0.39 is 11.7 Å². The standard InChI is InChI=1S/C20H29F3N4O/c1-4-19(9-6-10-19)14-26-18(25-13-17(28)27(2)3)24-12-15-7-5-8-16(11-15)20(21,22)23/h5,7-8,11H,4,6,9-10,12-14H2,1-3H3,(H2,24,25,26). The maximum atomic E-state index is 12.9. The summed E-state index contributed by atoms with van der Waals surface area (Å²) in [7, 11) is 3.33. The lowest BCUT2D eigenvalue weighted by atomic mass is 9.67. The third-order valence-electron chi connectivity index (χ3n) is 5.37. The maximum absolute atomic E-state index is 12.9. The summed E-state index contributed by atoms with van der Waals surface area (Å²) in [5.41, 5.74) is 0.0121. The summed E-state index contributed by atoms with van der Waals surface area (Å²) in [6, 6.07) is 5.14. The van der Waals surface area contributed by atoms with E-state index in [9.17, 15) is 18.0 Å². The smallest absolute Gasteiger partial charge is 0.356 e. The van der Waals surface area contributed by atoms with Gasteiger partial charge in [-0.1, -0.05) is 25.5 Å². The van der Waals surface area contributed by atoms with Crippen molar-refractivity contribution in [3.8, 4) is 0 Å². The van der Waals surface area contributed by atoms with Gasteiger partial charge in [-0.05, 0) is 42.4 Å². The van der Waals surface area contributed by atoms with Crippen LogP contribution in [0.25, 0.3) is 0 Å². The fraction of sp³-hybridized carbons (Fsp3) is 0.600. The topological polar surface area (TPSA) is 56.7 Å². The zero-order chi connectivity index (χ0) is 20.8. The van der Waals surface area contributed by atoms with Crippen molar-refractivity contribution in [3.63, 3.8) is 0 Å². The Balaban J connectivity index is 2.07. The number of benzene rings is 1. The lowest BCUT2D eigenvalue weighted by Gasteiger charge is -2.41. The number of likely N-dealkylation sites (N-methyl/N-ethyl adjacent to an activating group) is 1. The van der Waals surface area contributed by atoms with Gasteiger partial charge in [0, 0.05) is 20.6 Å². The molecule has 0 heterocycles. The van der Waals surface area contributed by atoms with Gasteiger partial charge in [-0.3, -0.25) is 4.79 Å². The van der Waals surface area contributed by atoms with Gasteiger partial charge in [0.1, 0.15) is 0 Å². The molecule has 0 atom stereocenters. The molecule has 0 unspecified atom stereocenters. The summed E-state index contributed by atoms with van der Waals surface area (Å²) in [4.78, 5) is 17.7. The molecule has 0 aliphatic heterocycles. The average Bonchev–Trinajstić information content (AvgIpc) is 2.61. The molecule has 1 aliphatic carbocycles. The number of carbonyl (C=O) groups excluding carboxylic acids is 1. The van der Waals surface area contributed by atoms with E-state index in [1.807, 2.05) is 0 Å². The first-order valence-electron chi connectivity index (χ1n) is 9.54. The normalized spacial score (nSPS) is 16.3. The molecule has 0 spiro atoms. The van der Waals surface area contributed by atoms with Gasteiger partial charge in [0.25, 0.3) is 0 Å². The number of aliphatic imine (C=N–C) groups is 1. The summed E-state index contributed by atoms with van der Waals surface area (Å²) in [6.07, 6.45) is 0.174. The largest absolute Gasteiger partial charge is 0.416 e. The second-order valence-corrected chi connectivity index (χ2v) is 7.57. The SMILES string of the molecule is CCC1(CNC(=NCc2cccc(C(F)(F)F)c2)NCC(=O)N(C)C)CCC1. The minimum Gasteiger partial charge on any atom is -0.356 e. The predicted octanol–water partition coefficient (Wildman–Crippen LogP) is 3.41. The van der Waals surface area contributed by atoms with Gasteiger partial charge in [0.15, 0.2) is 5.96 Å². The molecule has 1 amide bonds. The zero-order valence-corrected chi connectivity index (χ0v) is 16.7. The van der Waals surface area contributed by atoms with E-state index in [2.05, 4.69) is 22.5 Å². The van der Waals surface area contributed by atoms with Crippen LogP contribution in [0, 0.1) is 5.41 Å². The van der Waals surface area contributed by atoms with Crippen LogP contribution in [0.15, 0.2) is 29.3 Å². The Morgan fingerprint density at radius 2 is 1.96 bits per heavy atom. The summed E-state index contributed by atoms with van der Waals surface area (Å²) < 4.78 is 38.7. The Bertz CT molecular complexity index is 691. The molecule has 1 aromatic rings. The van der Waals surface area contributed by atoms with Crippen molar-refractivity contribution in [2.45, 2.75) is 45.3 Å². The van der Waals surface area contributed by atoms with E-state index >= 15 is 0 Å². The second kappa shape index (κ2) is 9.30. The lowest BCUT2D eigenvalue weighted by Crippen LogP contribution is -2.48. The van der Waals surface area contributed by atoms with Crippen LogP contribution >= 0.6 is 0 Å². The van der Waals surface area contributed by atoms with Crippen LogP contribution in [-0.2, 0) is 17.5 Å². The van der Waals surface area contributed by atoms with Crippen molar-refractivity contribution in [2.75, 3.05) is 27.2 Å². The van der Waals surface area contributed by atoms with E-state index in [4.69, 9.17) is 0 Å². The summed E-state index contributed by atoms with van der Waals surface area (Å²) in [5, 5.41) is 6.26. The Hall–Kier alpha value is -2.25. The Kier molecular flexibility index (Phi) is 7.32. The summed E-state index contributed by atoms with van der Waals surface area (Å²) >= 11 is 0. The fourth-order valence-corrected chi connectivity index (χ4v) is 3.11. The van der Waals surface area contributed by atoms with Crippen LogP contribution in [0.5, 0.6) is 0 Å². The molecule has 2 N–H and O–H groups in total. The minimum atomic E-state index is -4.38. The molecule has 1 saturated carbocycles. The predicted molar refractivity (Wildman–Crippen MR) is 104 cm³/mol. The van der Waals surface area contributed by atoms with Gasteiger partial charge in [0.2, 0.25) is 5.91 Å². The average molecular weight is 398 g/mol. The summed E-state index contributed by atoms with van der Waals surface area (Å²) in [6.45, 7) is 3.05. The van der Waals surface area contributed by atoms with Crippen LogP contribution in [-0.4, -0.2) is 44.0 Å². The van der Waals surface area contributed by atoms with Crippen molar-refractivity contribution < 1.29 is 18.0 Å². The summed E-state index contributed by atoms with van der Waals surface area (Å²) in [5.74, 6) is 0.328. The molecule has 156 valence electrons. The van der Waals surface area contributed by atoms with E-state index in [0.717, 1.165) is 37.9 Å². The Morgan fingerprint density at radius 1 is 1.25 bits per heavy atom. The molecule has 1 aliphatic rings. The highest BCUT2D eigenvalue weighted by Gasteiger charge is 2.35. The van der Waals surface area contributed by atoms with Gasteiger partial charge in [-0.2, -0.15) is 13.2 Å². The third kappa shape index (κ3) is 6.14. The number of halogens is 3. The quantitative estimate of drug-likeness (QED) is 0.547. The molecule has 1 aromatic carbocycles. The number of nitrogens with one attached hydrogen (secondary N) is 2. The zero-order valence-electron chi connectivity index (χ0n) is 16.7. The number of hydrogen-bond acceptors (Lipinski definition) is 2. The van der Waals surface area contributed by atoms with Gasteiger partial charge in [0.05, 0.1) is 18.7 Å². The minimum absolute atomic E-state index is 0.0700. The van der Waals surface area contributed by atoms with Crippen LogP contribution in [0.1, 0.15) is 43.7 Å². The number of rotatable bonds is 7. The van der Waals surface area contributed by atoms with E-state index in [0.29, 0.717) is 11.5 Å².